The van der Waals surface area contributed by atoms with Gasteiger partial charge < -0.3 is 9.64 Å². The standard InChI is InChI=1S/C19H18ClN3O3S/c1-26-18(25)15-7-2-3-8-22(15)17(24)16-11-27-19-21-14(10-23(16)19)12-5-4-6-13(20)9-12/h4-6,9-11,15H,2-3,7-8H2,1H3. The number of rotatable bonds is 3. The van der Waals surface area contributed by atoms with E-state index in [0.717, 1.165) is 29.1 Å². The van der Waals surface area contributed by atoms with E-state index in [1.165, 1.54) is 18.4 Å². The minimum atomic E-state index is -0.526. The number of thiazole rings is 1. The predicted octanol–water partition coefficient (Wildman–Crippen LogP) is 3.88. The minimum Gasteiger partial charge on any atom is -0.467 e. The molecule has 3 heterocycles. The van der Waals surface area contributed by atoms with E-state index < -0.39 is 6.04 Å². The van der Waals surface area contributed by atoms with Crippen LogP contribution < -0.4 is 0 Å². The van der Waals surface area contributed by atoms with Crippen LogP contribution in [0.5, 0.6) is 0 Å². The number of halogens is 1. The molecule has 1 aliphatic rings. The second kappa shape index (κ2) is 7.32. The van der Waals surface area contributed by atoms with Crippen LogP contribution in [0.3, 0.4) is 0 Å². The molecular formula is C19H18ClN3O3S. The van der Waals surface area contributed by atoms with Crippen LogP contribution in [0.4, 0.5) is 0 Å². The number of methoxy groups -OCH3 is 1. The Morgan fingerprint density at radius 1 is 1.33 bits per heavy atom. The Hall–Kier alpha value is -2.38. The number of benzene rings is 1. The second-order valence-electron chi connectivity index (χ2n) is 6.44. The van der Waals surface area contributed by atoms with Gasteiger partial charge in [0.2, 0.25) is 0 Å². The Morgan fingerprint density at radius 2 is 2.19 bits per heavy atom. The number of carbonyl (C=O) groups is 2. The molecule has 1 aromatic carbocycles. The van der Waals surface area contributed by atoms with Crippen molar-refractivity contribution in [3.8, 4) is 11.3 Å². The number of esters is 1. The monoisotopic (exact) mass is 403 g/mol. The van der Waals surface area contributed by atoms with Crippen molar-refractivity contribution in [1.82, 2.24) is 14.3 Å². The Bertz CT molecular complexity index is 1010. The predicted molar refractivity (Wildman–Crippen MR) is 104 cm³/mol. The summed E-state index contributed by atoms with van der Waals surface area (Å²) in [5, 5.41) is 2.42. The van der Waals surface area contributed by atoms with Gasteiger partial charge in [-0.15, -0.1) is 11.3 Å². The van der Waals surface area contributed by atoms with Crippen molar-refractivity contribution in [2.75, 3.05) is 13.7 Å². The number of hydrogen-bond acceptors (Lipinski definition) is 5. The van der Waals surface area contributed by atoms with Gasteiger partial charge in [-0.1, -0.05) is 23.7 Å². The molecule has 0 radical (unpaired) electrons. The summed E-state index contributed by atoms with van der Waals surface area (Å²) in [6, 6.07) is 6.92. The van der Waals surface area contributed by atoms with Crippen LogP contribution in [0.25, 0.3) is 16.2 Å². The van der Waals surface area contributed by atoms with Gasteiger partial charge in [-0.2, -0.15) is 0 Å². The summed E-state index contributed by atoms with van der Waals surface area (Å²) in [6.45, 7) is 0.547. The zero-order valence-electron chi connectivity index (χ0n) is 14.7. The lowest BCUT2D eigenvalue weighted by Gasteiger charge is -2.33. The van der Waals surface area contributed by atoms with Crippen molar-refractivity contribution in [2.24, 2.45) is 0 Å². The maximum Gasteiger partial charge on any atom is 0.328 e. The topological polar surface area (TPSA) is 63.9 Å². The number of likely N-dealkylation sites (tertiary alicyclic amines) is 1. The summed E-state index contributed by atoms with van der Waals surface area (Å²) >= 11 is 7.47. The lowest BCUT2D eigenvalue weighted by Crippen LogP contribution is -2.48. The molecule has 4 rings (SSSR count). The fraction of sp³-hybridized carbons (Fsp3) is 0.316. The highest BCUT2D eigenvalue weighted by molar-refractivity contribution is 7.15. The van der Waals surface area contributed by atoms with Gasteiger partial charge in [-0.3, -0.25) is 9.20 Å². The smallest absolute Gasteiger partial charge is 0.328 e. The summed E-state index contributed by atoms with van der Waals surface area (Å²) in [4.78, 5) is 32.2. The highest BCUT2D eigenvalue weighted by Crippen LogP contribution is 2.27. The van der Waals surface area contributed by atoms with Crippen LogP contribution in [0, 0.1) is 0 Å². The molecule has 1 aliphatic heterocycles. The van der Waals surface area contributed by atoms with Crippen molar-refractivity contribution in [1.29, 1.82) is 0 Å². The van der Waals surface area contributed by atoms with Crippen molar-refractivity contribution in [3.63, 3.8) is 0 Å². The van der Waals surface area contributed by atoms with Crippen molar-refractivity contribution in [2.45, 2.75) is 25.3 Å². The first kappa shape index (κ1) is 18.0. The highest BCUT2D eigenvalue weighted by Gasteiger charge is 2.34. The Labute approximate surface area is 165 Å². The molecule has 8 heteroatoms. The van der Waals surface area contributed by atoms with E-state index in [1.54, 1.807) is 14.7 Å². The lowest BCUT2D eigenvalue weighted by atomic mass is 10.0. The molecule has 0 N–H and O–H groups in total. The Kier molecular flexibility index (Phi) is 4.88. The third kappa shape index (κ3) is 3.33. The Balaban J connectivity index is 1.69. The number of hydrogen-bond donors (Lipinski definition) is 0. The molecule has 0 aliphatic carbocycles. The summed E-state index contributed by atoms with van der Waals surface area (Å²) in [7, 11) is 1.36. The van der Waals surface area contributed by atoms with Gasteiger partial charge in [0.05, 0.1) is 12.8 Å². The number of aromatic nitrogens is 2. The van der Waals surface area contributed by atoms with E-state index in [1.807, 2.05) is 30.5 Å². The van der Waals surface area contributed by atoms with Gasteiger partial charge in [-0.05, 0) is 31.4 Å². The molecular weight excluding hydrogens is 386 g/mol. The summed E-state index contributed by atoms with van der Waals surface area (Å²) in [5.74, 6) is -0.536. The quantitative estimate of drug-likeness (QED) is 0.622. The van der Waals surface area contributed by atoms with Crippen LogP contribution in [0.2, 0.25) is 5.02 Å². The molecule has 27 heavy (non-hydrogen) atoms. The SMILES string of the molecule is COC(=O)C1CCCCN1C(=O)c1csc2nc(-c3cccc(Cl)c3)cn12. The normalized spacial score (nSPS) is 17.3. The first-order valence-corrected chi connectivity index (χ1v) is 9.95. The number of imidazole rings is 1. The third-order valence-electron chi connectivity index (χ3n) is 4.79. The molecule has 3 aromatic rings. The van der Waals surface area contributed by atoms with Crippen LogP contribution >= 0.6 is 22.9 Å². The third-order valence-corrected chi connectivity index (χ3v) is 5.86. The average molecular weight is 404 g/mol. The molecule has 1 amide bonds. The number of nitrogens with zero attached hydrogens (tertiary/aromatic N) is 3. The first-order chi connectivity index (χ1) is 13.1. The zero-order valence-corrected chi connectivity index (χ0v) is 16.3. The van der Waals surface area contributed by atoms with E-state index in [2.05, 4.69) is 4.98 Å². The first-order valence-electron chi connectivity index (χ1n) is 8.70. The fourth-order valence-corrected chi connectivity index (χ4v) is 4.46. The van der Waals surface area contributed by atoms with E-state index in [9.17, 15) is 9.59 Å². The maximum absolute atomic E-state index is 13.2. The van der Waals surface area contributed by atoms with Crippen LogP contribution in [-0.4, -0.2) is 45.9 Å². The summed E-state index contributed by atoms with van der Waals surface area (Å²) < 4.78 is 6.67. The van der Waals surface area contributed by atoms with Gasteiger partial charge in [0, 0.05) is 28.7 Å². The van der Waals surface area contributed by atoms with E-state index >= 15 is 0 Å². The summed E-state index contributed by atoms with van der Waals surface area (Å²) in [6.07, 6.45) is 4.25. The van der Waals surface area contributed by atoms with Gasteiger partial charge in [-0.25, -0.2) is 9.78 Å². The molecule has 0 saturated carbocycles. The van der Waals surface area contributed by atoms with E-state index in [0.29, 0.717) is 23.7 Å². The van der Waals surface area contributed by atoms with Crippen molar-refractivity contribution >= 4 is 39.8 Å². The largest absolute Gasteiger partial charge is 0.467 e. The molecule has 0 spiro atoms. The Morgan fingerprint density at radius 3 is 2.96 bits per heavy atom. The van der Waals surface area contributed by atoms with Gasteiger partial charge >= 0.3 is 5.97 Å². The molecule has 2 aromatic heterocycles. The minimum absolute atomic E-state index is 0.175. The molecule has 0 bridgehead atoms. The van der Waals surface area contributed by atoms with Gasteiger partial charge in [0.25, 0.3) is 5.91 Å². The van der Waals surface area contributed by atoms with Gasteiger partial charge in [0.15, 0.2) is 4.96 Å². The fourth-order valence-electron chi connectivity index (χ4n) is 3.43. The van der Waals surface area contributed by atoms with Crippen LogP contribution in [0.15, 0.2) is 35.8 Å². The highest BCUT2D eigenvalue weighted by atomic mass is 35.5. The maximum atomic E-state index is 13.2. The molecule has 1 fully saturated rings. The molecule has 1 saturated heterocycles. The molecule has 6 nitrogen and oxygen atoms in total. The zero-order chi connectivity index (χ0) is 19.0. The number of piperidine rings is 1. The second-order valence-corrected chi connectivity index (χ2v) is 7.72. The number of fused-ring (bicyclic) bond motifs is 1. The molecule has 140 valence electrons. The lowest BCUT2D eigenvalue weighted by molar-refractivity contribution is -0.147. The van der Waals surface area contributed by atoms with Crippen molar-refractivity contribution < 1.29 is 14.3 Å². The number of ether oxygens (including phenoxy) is 1. The van der Waals surface area contributed by atoms with Gasteiger partial charge in [0.1, 0.15) is 11.7 Å². The summed E-state index contributed by atoms with van der Waals surface area (Å²) in [5.41, 5.74) is 2.15. The average Bonchev–Trinajstić information content (AvgIpc) is 3.27. The van der Waals surface area contributed by atoms with Crippen LogP contribution in [-0.2, 0) is 9.53 Å². The number of amides is 1. The van der Waals surface area contributed by atoms with Crippen LogP contribution in [0.1, 0.15) is 29.8 Å². The van der Waals surface area contributed by atoms with Crippen molar-refractivity contribution in [3.05, 3.63) is 46.6 Å². The molecule has 1 atom stereocenters. The number of carbonyl (C=O) groups excluding carboxylic acids is 2. The van der Waals surface area contributed by atoms with E-state index in [4.69, 9.17) is 16.3 Å². The molecule has 1 unspecified atom stereocenters. The van der Waals surface area contributed by atoms with E-state index in [-0.39, 0.29) is 11.9 Å².